The maximum atomic E-state index is 12.0. The van der Waals surface area contributed by atoms with Crippen molar-refractivity contribution in [3.05, 3.63) is 28.3 Å². The number of halogens is 1. The normalized spacial score (nSPS) is 18.0. The maximum absolute atomic E-state index is 12.0. The molecule has 21 heavy (non-hydrogen) atoms. The smallest absolute Gasteiger partial charge is 0.311 e. The number of hydrogen-bond acceptors (Lipinski definition) is 4. The Morgan fingerprint density at radius 2 is 2.19 bits per heavy atom. The highest BCUT2D eigenvalue weighted by Crippen LogP contribution is 2.32. The second kappa shape index (κ2) is 6.48. The molecule has 1 atom stereocenters. The Bertz CT molecular complexity index is 566. The molecule has 1 heterocycles. The molecule has 1 saturated heterocycles. The van der Waals surface area contributed by atoms with E-state index < -0.39 is 0 Å². The summed E-state index contributed by atoms with van der Waals surface area (Å²) in [5.74, 6) is 0.0907. The second-order valence-electron chi connectivity index (χ2n) is 5.73. The number of cyclic esters (lactones) is 1. The summed E-state index contributed by atoms with van der Waals surface area (Å²) in [4.78, 5) is 23.0. The van der Waals surface area contributed by atoms with Gasteiger partial charge in [-0.1, -0.05) is 25.4 Å². The zero-order valence-corrected chi connectivity index (χ0v) is 13.2. The first-order valence-electron chi connectivity index (χ1n) is 7.03. The molecule has 0 bridgehead atoms. The first-order chi connectivity index (χ1) is 9.86. The summed E-state index contributed by atoms with van der Waals surface area (Å²) in [7, 11) is 0. The summed E-state index contributed by atoms with van der Waals surface area (Å²) >= 11 is 6.19. The fourth-order valence-electron chi connectivity index (χ4n) is 2.32. The van der Waals surface area contributed by atoms with Gasteiger partial charge in [0.2, 0.25) is 0 Å². The monoisotopic (exact) mass is 310 g/mol. The van der Waals surface area contributed by atoms with Crippen LogP contribution >= 0.6 is 11.6 Å². The van der Waals surface area contributed by atoms with Crippen LogP contribution in [0.1, 0.15) is 43.7 Å². The molecule has 0 N–H and O–H groups in total. The lowest BCUT2D eigenvalue weighted by Gasteiger charge is -2.14. The van der Waals surface area contributed by atoms with E-state index in [9.17, 15) is 9.59 Å². The quantitative estimate of drug-likeness (QED) is 0.629. The van der Waals surface area contributed by atoms with Crippen LogP contribution in [0.25, 0.3) is 0 Å². The van der Waals surface area contributed by atoms with Crippen LogP contribution in [0.4, 0.5) is 0 Å². The van der Waals surface area contributed by atoms with Crippen molar-refractivity contribution in [3.63, 3.8) is 0 Å². The van der Waals surface area contributed by atoms with E-state index in [1.54, 1.807) is 0 Å². The predicted molar refractivity (Wildman–Crippen MR) is 79.6 cm³/mol. The Morgan fingerprint density at radius 3 is 2.76 bits per heavy atom. The molecular formula is C16H19ClO4. The zero-order valence-electron chi connectivity index (χ0n) is 12.4. The summed E-state index contributed by atoms with van der Waals surface area (Å²) in [5.41, 5.74) is 1.76. The van der Waals surface area contributed by atoms with E-state index in [4.69, 9.17) is 21.1 Å². The number of carbonyl (C=O) groups excluding carboxylic acids is 2. The van der Waals surface area contributed by atoms with Gasteiger partial charge in [0.15, 0.2) is 0 Å². The summed E-state index contributed by atoms with van der Waals surface area (Å²) in [6, 6.07) is 3.62. The van der Waals surface area contributed by atoms with Crippen LogP contribution < -0.4 is 4.74 Å². The van der Waals surface area contributed by atoms with Gasteiger partial charge in [-0.15, -0.1) is 0 Å². The molecule has 0 saturated carbocycles. The molecule has 0 unspecified atom stereocenters. The van der Waals surface area contributed by atoms with E-state index in [1.165, 1.54) is 0 Å². The first-order valence-corrected chi connectivity index (χ1v) is 7.41. The number of aryl methyl sites for hydroxylation is 1. The Kier molecular flexibility index (Phi) is 4.88. The van der Waals surface area contributed by atoms with E-state index in [0.717, 1.165) is 11.1 Å². The fourth-order valence-corrected chi connectivity index (χ4v) is 2.75. The van der Waals surface area contributed by atoms with Gasteiger partial charge >= 0.3 is 11.9 Å². The van der Waals surface area contributed by atoms with Gasteiger partial charge < -0.3 is 9.47 Å². The minimum absolute atomic E-state index is 0.0813. The number of hydrogen-bond donors (Lipinski definition) is 0. The van der Waals surface area contributed by atoms with E-state index in [1.807, 2.05) is 32.9 Å². The van der Waals surface area contributed by atoms with E-state index in [0.29, 0.717) is 17.4 Å². The molecule has 1 aliphatic heterocycles. The van der Waals surface area contributed by atoms with Crippen LogP contribution in [0.5, 0.6) is 5.75 Å². The molecule has 0 amide bonds. The number of carbonyl (C=O) groups is 2. The van der Waals surface area contributed by atoms with E-state index in [-0.39, 0.29) is 36.6 Å². The Hall–Kier alpha value is -1.55. The van der Waals surface area contributed by atoms with Crippen molar-refractivity contribution in [2.45, 2.75) is 39.5 Å². The predicted octanol–water partition coefficient (Wildman–Crippen LogP) is 3.63. The molecule has 1 aromatic rings. The van der Waals surface area contributed by atoms with Crippen molar-refractivity contribution in [2.24, 2.45) is 5.92 Å². The van der Waals surface area contributed by atoms with Crippen molar-refractivity contribution in [3.8, 4) is 5.75 Å². The number of ether oxygens (including phenoxy) is 2. The number of rotatable bonds is 4. The third kappa shape index (κ3) is 3.97. The lowest BCUT2D eigenvalue weighted by atomic mass is 10.0. The Morgan fingerprint density at radius 1 is 1.48 bits per heavy atom. The molecule has 5 heteroatoms. The molecule has 1 aliphatic rings. The van der Waals surface area contributed by atoms with Gasteiger partial charge in [0, 0.05) is 10.9 Å². The van der Waals surface area contributed by atoms with Crippen molar-refractivity contribution < 1.29 is 19.1 Å². The fraction of sp³-hybridized carbons (Fsp3) is 0.500. The molecule has 1 aromatic carbocycles. The van der Waals surface area contributed by atoms with Gasteiger partial charge in [0.05, 0.1) is 19.4 Å². The van der Waals surface area contributed by atoms with Gasteiger partial charge in [-0.2, -0.15) is 0 Å². The summed E-state index contributed by atoms with van der Waals surface area (Å²) in [6.07, 6.45) is 0.469. The summed E-state index contributed by atoms with van der Waals surface area (Å²) < 4.78 is 10.3. The molecule has 4 nitrogen and oxygen atoms in total. The van der Waals surface area contributed by atoms with Crippen molar-refractivity contribution in [1.29, 1.82) is 0 Å². The molecule has 114 valence electrons. The molecular weight excluding hydrogens is 292 g/mol. The molecule has 2 rings (SSSR count). The van der Waals surface area contributed by atoms with Gasteiger partial charge in [0.1, 0.15) is 5.75 Å². The standard InChI is InChI=1S/C16H19ClO4/c1-9(2)12-7-14(10(3)4-13(12)17)21-16(19)6-11-5-15(18)20-8-11/h4,7,9,11H,5-6,8H2,1-3H3/t11-/m1/s1. The lowest BCUT2D eigenvalue weighted by molar-refractivity contribution is -0.138. The average Bonchev–Trinajstić information content (AvgIpc) is 2.77. The lowest BCUT2D eigenvalue weighted by Crippen LogP contribution is -2.15. The topological polar surface area (TPSA) is 52.6 Å². The van der Waals surface area contributed by atoms with Crippen molar-refractivity contribution in [2.75, 3.05) is 6.61 Å². The molecule has 0 aliphatic carbocycles. The number of esters is 2. The van der Waals surface area contributed by atoms with E-state index in [2.05, 4.69) is 0 Å². The van der Waals surface area contributed by atoms with Gasteiger partial charge in [-0.25, -0.2) is 0 Å². The first kappa shape index (κ1) is 15.8. The molecule has 0 spiro atoms. The third-order valence-electron chi connectivity index (χ3n) is 3.53. The highest BCUT2D eigenvalue weighted by molar-refractivity contribution is 6.31. The maximum Gasteiger partial charge on any atom is 0.311 e. The zero-order chi connectivity index (χ0) is 15.6. The number of benzene rings is 1. The third-order valence-corrected chi connectivity index (χ3v) is 3.86. The minimum Gasteiger partial charge on any atom is -0.465 e. The highest BCUT2D eigenvalue weighted by Gasteiger charge is 2.27. The second-order valence-corrected chi connectivity index (χ2v) is 6.13. The van der Waals surface area contributed by atoms with Crippen LogP contribution in [0.2, 0.25) is 5.02 Å². The van der Waals surface area contributed by atoms with Gasteiger partial charge in [0.25, 0.3) is 0 Å². The van der Waals surface area contributed by atoms with Gasteiger partial charge in [-0.05, 0) is 36.1 Å². The van der Waals surface area contributed by atoms with Crippen LogP contribution in [0, 0.1) is 12.8 Å². The van der Waals surface area contributed by atoms with E-state index >= 15 is 0 Å². The minimum atomic E-state index is -0.349. The van der Waals surface area contributed by atoms with Crippen LogP contribution in [0.3, 0.4) is 0 Å². The average molecular weight is 311 g/mol. The molecule has 0 aromatic heterocycles. The summed E-state index contributed by atoms with van der Waals surface area (Å²) in [5, 5.41) is 0.678. The Balaban J connectivity index is 2.06. The Labute approximate surface area is 129 Å². The molecule has 1 fully saturated rings. The van der Waals surface area contributed by atoms with Crippen molar-refractivity contribution >= 4 is 23.5 Å². The largest absolute Gasteiger partial charge is 0.465 e. The van der Waals surface area contributed by atoms with Crippen LogP contribution in [0.15, 0.2) is 12.1 Å². The molecule has 0 radical (unpaired) electrons. The van der Waals surface area contributed by atoms with Gasteiger partial charge in [-0.3, -0.25) is 9.59 Å². The SMILES string of the molecule is Cc1cc(Cl)c(C(C)C)cc1OC(=O)C[C@@H]1COC(=O)C1. The highest BCUT2D eigenvalue weighted by atomic mass is 35.5. The van der Waals surface area contributed by atoms with Crippen LogP contribution in [-0.4, -0.2) is 18.5 Å². The van der Waals surface area contributed by atoms with Crippen LogP contribution in [-0.2, 0) is 14.3 Å². The van der Waals surface area contributed by atoms with Crippen molar-refractivity contribution in [1.82, 2.24) is 0 Å². The summed E-state index contributed by atoms with van der Waals surface area (Å²) in [6.45, 7) is 6.21.